The Hall–Kier alpha value is -3.20. The minimum atomic E-state index is -1.70. The van der Waals surface area contributed by atoms with Gasteiger partial charge in [-0.1, -0.05) is 29.8 Å². The molecule has 1 heterocycles. The first kappa shape index (κ1) is 19.6. The molecule has 0 radical (unpaired) electrons. The minimum Gasteiger partial charge on any atom is -0.333 e. The molecule has 8 heteroatoms. The number of hydrogen-bond acceptors (Lipinski definition) is 6. The van der Waals surface area contributed by atoms with Crippen LogP contribution in [0, 0.1) is 33.5 Å². The van der Waals surface area contributed by atoms with Crippen molar-refractivity contribution in [2.24, 2.45) is 15.8 Å². The molecule has 1 aliphatic heterocycles. The number of aliphatic imine (C=N–C) groups is 1. The topological polar surface area (TPSA) is 120 Å². The fourth-order valence-electron chi connectivity index (χ4n) is 4.01. The zero-order chi connectivity index (χ0) is 20.4. The third kappa shape index (κ3) is 2.58. The molecule has 1 aliphatic carbocycles. The third-order valence-corrected chi connectivity index (χ3v) is 5.43. The number of rotatable bonds is 3. The monoisotopic (exact) mass is 379 g/mol. The van der Waals surface area contributed by atoms with E-state index in [2.05, 4.69) is 27.8 Å². The fourth-order valence-corrected chi connectivity index (χ4v) is 4.01. The number of allylic oxidation sites excluding steroid dienone is 2. The van der Waals surface area contributed by atoms with Gasteiger partial charge in [-0.05, 0) is 31.9 Å². The number of hydrogen-bond donors (Lipinski definition) is 2. The molecule has 2 atom stereocenters. The van der Waals surface area contributed by atoms with E-state index in [0.717, 1.165) is 5.57 Å². The van der Waals surface area contributed by atoms with Crippen LogP contribution in [-0.2, 0) is 9.47 Å². The van der Waals surface area contributed by atoms with Crippen LogP contribution < -0.4 is 10.6 Å². The van der Waals surface area contributed by atoms with Gasteiger partial charge in [0.2, 0.25) is 0 Å². The lowest BCUT2D eigenvalue weighted by Gasteiger charge is -2.45. The van der Waals surface area contributed by atoms with Gasteiger partial charge in [0.25, 0.3) is 5.91 Å². The predicted octanol–water partition coefficient (Wildman–Crippen LogP) is 2.93. The van der Waals surface area contributed by atoms with Crippen molar-refractivity contribution in [2.75, 3.05) is 19.5 Å². The number of benzene rings is 1. The molecule has 1 aromatic carbocycles. The van der Waals surface area contributed by atoms with Gasteiger partial charge >= 0.3 is 6.03 Å². The molecule has 2 N–H and O–H groups in total. The lowest BCUT2D eigenvalue weighted by molar-refractivity contribution is -0.260. The molecule has 2 amide bonds. The lowest BCUT2D eigenvalue weighted by Crippen LogP contribution is -2.58. The summed E-state index contributed by atoms with van der Waals surface area (Å²) in [5, 5.41) is 25.6. The number of methoxy groups -OCH3 is 2. The Bertz CT molecular complexity index is 923. The van der Waals surface area contributed by atoms with E-state index in [0.29, 0.717) is 5.69 Å². The highest BCUT2D eigenvalue weighted by Crippen LogP contribution is 2.61. The van der Waals surface area contributed by atoms with E-state index in [-0.39, 0.29) is 18.7 Å². The summed E-state index contributed by atoms with van der Waals surface area (Å²) in [5.74, 6) is -1.65. The molecule has 3 rings (SSSR count). The van der Waals surface area contributed by atoms with Crippen LogP contribution in [0.5, 0.6) is 0 Å². The van der Waals surface area contributed by atoms with Crippen molar-refractivity contribution in [3.05, 3.63) is 42.0 Å². The molecule has 144 valence electrons. The summed E-state index contributed by atoms with van der Waals surface area (Å²) in [6, 6.07) is 12.8. The first-order valence-corrected chi connectivity index (χ1v) is 8.74. The molecule has 0 fully saturated rings. The quantitative estimate of drug-likeness (QED) is 0.618. The number of nitriles is 2. The molecule has 0 aromatic heterocycles. The Morgan fingerprint density at radius 2 is 1.82 bits per heavy atom. The molecule has 2 aliphatic rings. The number of carbonyl (C=O) groups excluding carboxylic acids is 1. The van der Waals surface area contributed by atoms with E-state index in [1.54, 1.807) is 24.3 Å². The van der Waals surface area contributed by atoms with Crippen molar-refractivity contribution in [3.63, 3.8) is 0 Å². The summed E-state index contributed by atoms with van der Waals surface area (Å²) in [7, 11) is 2.73. The van der Waals surface area contributed by atoms with Gasteiger partial charge < -0.3 is 14.8 Å². The van der Waals surface area contributed by atoms with Gasteiger partial charge in [-0.25, -0.2) is 9.79 Å². The van der Waals surface area contributed by atoms with Gasteiger partial charge in [0.1, 0.15) is 11.3 Å². The molecule has 8 nitrogen and oxygen atoms in total. The fraction of sp³-hybridized carbons (Fsp3) is 0.400. The van der Waals surface area contributed by atoms with Crippen LogP contribution in [0.1, 0.15) is 19.8 Å². The summed E-state index contributed by atoms with van der Waals surface area (Å²) in [5.41, 5.74) is -1.35. The number of amidine groups is 1. The van der Waals surface area contributed by atoms with E-state index in [4.69, 9.17) is 9.47 Å². The normalized spacial score (nSPS) is 27.5. The zero-order valence-corrected chi connectivity index (χ0v) is 15.9. The van der Waals surface area contributed by atoms with E-state index in [1.165, 1.54) is 14.2 Å². The molecular formula is C20H21N5O3. The number of urea groups is 1. The van der Waals surface area contributed by atoms with E-state index < -0.39 is 22.8 Å². The van der Waals surface area contributed by atoms with Crippen molar-refractivity contribution in [1.82, 2.24) is 5.32 Å². The van der Waals surface area contributed by atoms with E-state index in [9.17, 15) is 15.3 Å². The number of ether oxygens (including phenoxy) is 2. The number of para-hydroxylation sites is 1. The van der Waals surface area contributed by atoms with Crippen LogP contribution in [-0.4, -0.2) is 32.0 Å². The lowest BCUT2D eigenvalue weighted by atomic mass is 9.57. The number of nitrogens with zero attached hydrogens (tertiary/aromatic N) is 3. The highest BCUT2D eigenvalue weighted by Gasteiger charge is 2.74. The maximum absolute atomic E-state index is 12.6. The maximum atomic E-state index is 12.6. The van der Waals surface area contributed by atoms with Crippen molar-refractivity contribution in [2.45, 2.75) is 25.7 Å². The van der Waals surface area contributed by atoms with Crippen molar-refractivity contribution >= 4 is 17.6 Å². The van der Waals surface area contributed by atoms with Crippen LogP contribution in [0.2, 0.25) is 0 Å². The minimum absolute atomic E-state index is 0.0566. The second kappa shape index (κ2) is 7.08. The zero-order valence-electron chi connectivity index (χ0n) is 15.9. The summed E-state index contributed by atoms with van der Waals surface area (Å²) in [4.78, 5) is 17.0. The van der Waals surface area contributed by atoms with Crippen molar-refractivity contribution < 1.29 is 14.3 Å². The van der Waals surface area contributed by atoms with Crippen molar-refractivity contribution in [1.29, 1.82) is 10.5 Å². The first-order chi connectivity index (χ1) is 13.4. The average molecular weight is 379 g/mol. The van der Waals surface area contributed by atoms with Gasteiger partial charge in [0.15, 0.2) is 5.41 Å². The number of amides is 2. The van der Waals surface area contributed by atoms with Gasteiger partial charge in [-0.15, -0.1) is 0 Å². The smallest absolute Gasteiger partial charge is 0.324 e. The second-order valence-electron chi connectivity index (χ2n) is 6.86. The number of fused-ring (bicyclic) bond motifs is 1. The van der Waals surface area contributed by atoms with Crippen molar-refractivity contribution in [3.8, 4) is 12.1 Å². The molecule has 1 aromatic rings. The third-order valence-electron chi connectivity index (χ3n) is 5.43. The number of anilines is 1. The molecule has 0 saturated carbocycles. The molecule has 28 heavy (non-hydrogen) atoms. The molecular weight excluding hydrogens is 358 g/mol. The van der Waals surface area contributed by atoms with Gasteiger partial charge in [-0.3, -0.25) is 5.32 Å². The van der Waals surface area contributed by atoms with Crippen LogP contribution in [0.25, 0.3) is 0 Å². The maximum Gasteiger partial charge on any atom is 0.324 e. The summed E-state index contributed by atoms with van der Waals surface area (Å²) in [6.07, 6.45) is 2.32. The highest BCUT2D eigenvalue weighted by molar-refractivity contribution is 6.08. The van der Waals surface area contributed by atoms with Crippen LogP contribution in [0.4, 0.5) is 10.5 Å². The molecule has 0 spiro atoms. The van der Waals surface area contributed by atoms with E-state index in [1.807, 2.05) is 19.1 Å². The van der Waals surface area contributed by atoms with Gasteiger partial charge in [0, 0.05) is 19.9 Å². The Labute approximate surface area is 163 Å². The summed E-state index contributed by atoms with van der Waals surface area (Å²) < 4.78 is 11.0. The summed E-state index contributed by atoms with van der Waals surface area (Å²) >= 11 is 0. The standard InChI is InChI=1S/C20H21N5O3/c1-14-9-10-19(13-22)18(11-14,12-21)16(25-20(19,27-2)28-3)24-17(26)23-15-7-5-4-6-8-15/h4-9H,10-11H2,1-3H3,(H2,23,24,25,26)/t18-,19-/m1/s1. The summed E-state index contributed by atoms with van der Waals surface area (Å²) in [6.45, 7) is 1.88. The Balaban J connectivity index is 2.04. The highest BCUT2D eigenvalue weighted by atomic mass is 16.7. The molecule has 0 bridgehead atoms. The van der Waals surface area contributed by atoms with Crippen LogP contribution >= 0.6 is 0 Å². The largest absolute Gasteiger partial charge is 0.333 e. The predicted molar refractivity (Wildman–Crippen MR) is 102 cm³/mol. The number of nitrogens with one attached hydrogen (secondary N) is 2. The molecule has 0 saturated heterocycles. The first-order valence-electron chi connectivity index (χ1n) is 8.74. The van der Waals surface area contributed by atoms with Crippen LogP contribution in [0.15, 0.2) is 47.0 Å². The average Bonchev–Trinajstić information content (AvgIpc) is 2.95. The SMILES string of the molecule is COC1(OC)N=C(NC(=O)Nc2ccccc2)[C@]2(C#N)CC(C)=CC[C@]12C#N. The Kier molecular flexibility index (Phi) is 4.95. The Morgan fingerprint density at radius 3 is 2.39 bits per heavy atom. The Morgan fingerprint density at radius 1 is 1.14 bits per heavy atom. The van der Waals surface area contributed by atoms with Gasteiger partial charge in [0.05, 0.1) is 12.1 Å². The van der Waals surface area contributed by atoms with Crippen LogP contribution in [0.3, 0.4) is 0 Å². The van der Waals surface area contributed by atoms with E-state index >= 15 is 0 Å². The number of carbonyl (C=O) groups is 1. The second-order valence-corrected chi connectivity index (χ2v) is 6.86. The van der Waals surface area contributed by atoms with Gasteiger partial charge in [-0.2, -0.15) is 10.5 Å². The molecule has 0 unspecified atom stereocenters.